The van der Waals surface area contributed by atoms with Crippen molar-refractivity contribution in [2.24, 2.45) is 7.05 Å². The summed E-state index contributed by atoms with van der Waals surface area (Å²) < 4.78 is 26.0. The lowest BCUT2D eigenvalue weighted by molar-refractivity contribution is 0.0927. The number of thiophene rings is 1. The van der Waals surface area contributed by atoms with E-state index in [0.717, 1.165) is 0 Å². The van der Waals surface area contributed by atoms with Gasteiger partial charge < -0.3 is 5.32 Å². The molecule has 3 heterocycles. The minimum atomic E-state index is -3.31. The Kier molecular flexibility index (Phi) is 3.48. The van der Waals surface area contributed by atoms with Crippen LogP contribution in [0, 0.1) is 0 Å². The molecule has 22 heavy (non-hydrogen) atoms. The molecule has 2 atom stereocenters. The molecule has 0 fully saturated rings. The molecular formula is C13H15N3O4S2. The predicted molar refractivity (Wildman–Crippen MR) is 81.8 cm³/mol. The molecule has 0 bridgehead atoms. The summed E-state index contributed by atoms with van der Waals surface area (Å²) in [5, 5.41) is 6.62. The molecule has 9 heteroatoms. The second-order valence-electron chi connectivity index (χ2n) is 5.35. The molecule has 2 aromatic rings. The fourth-order valence-corrected chi connectivity index (χ4v) is 5.77. The van der Waals surface area contributed by atoms with Crippen LogP contribution in [0.3, 0.4) is 0 Å². The number of aromatic nitrogens is 2. The quantitative estimate of drug-likeness (QED) is 0.844. The van der Waals surface area contributed by atoms with Gasteiger partial charge in [-0.3, -0.25) is 19.4 Å². The zero-order valence-corrected chi connectivity index (χ0v) is 13.6. The molecule has 0 spiro atoms. The molecule has 2 N–H and O–H groups in total. The van der Waals surface area contributed by atoms with Gasteiger partial charge in [-0.1, -0.05) is 0 Å². The van der Waals surface area contributed by atoms with Crippen LogP contribution in [0.25, 0.3) is 0 Å². The van der Waals surface area contributed by atoms with E-state index >= 15 is 0 Å². The van der Waals surface area contributed by atoms with Crippen molar-refractivity contribution in [1.29, 1.82) is 0 Å². The lowest BCUT2D eigenvalue weighted by atomic mass is 10.0. The predicted octanol–water partition coefficient (Wildman–Crippen LogP) is 0.812. The van der Waals surface area contributed by atoms with Crippen molar-refractivity contribution in [3.63, 3.8) is 0 Å². The van der Waals surface area contributed by atoms with E-state index in [2.05, 4.69) is 10.4 Å². The minimum absolute atomic E-state index is 0.158. The van der Waals surface area contributed by atoms with Crippen LogP contribution < -0.4 is 10.9 Å². The number of hydrogen-bond acceptors (Lipinski definition) is 5. The summed E-state index contributed by atoms with van der Waals surface area (Å²) in [5.74, 6) is -0.425. The molecule has 0 unspecified atom stereocenters. The maximum atomic E-state index is 12.3. The summed E-state index contributed by atoms with van der Waals surface area (Å²) in [6.45, 7) is 1.64. The summed E-state index contributed by atoms with van der Waals surface area (Å²) in [5.41, 5.74) is 0.473. The number of nitrogens with zero attached hydrogens (tertiary/aromatic N) is 1. The van der Waals surface area contributed by atoms with Crippen LogP contribution in [0.15, 0.2) is 26.5 Å². The van der Waals surface area contributed by atoms with Crippen LogP contribution in [0.4, 0.5) is 0 Å². The van der Waals surface area contributed by atoms with E-state index in [1.165, 1.54) is 29.1 Å². The number of aryl methyl sites for hydroxylation is 1. The highest BCUT2D eigenvalue weighted by Gasteiger charge is 2.38. The average Bonchev–Trinajstić information content (AvgIpc) is 3.05. The topological polar surface area (TPSA) is 101 Å². The molecule has 3 rings (SSSR count). The molecule has 1 aliphatic rings. The standard InChI is InChI=1S/C13H15N3O4S2/c1-7-5-9(8-3-4-21-13(8)22(7,19)20)14-12(18)10-6-11(17)16(2)15-10/h3-4,6-7,9,15H,5H2,1-2H3,(H,14,18)/t7-,9-/m0/s1. The number of carbonyl (C=O) groups is 1. The van der Waals surface area contributed by atoms with Crippen LogP contribution >= 0.6 is 11.3 Å². The highest BCUT2D eigenvalue weighted by atomic mass is 32.2. The Morgan fingerprint density at radius 2 is 2.23 bits per heavy atom. The second-order valence-corrected chi connectivity index (χ2v) is 8.83. The van der Waals surface area contributed by atoms with E-state index in [0.29, 0.717) is 16.2 Å². The summed E-state index contributed by atoms with van der Waals surface area (Å²) in [4.78, 5) is 23.6. The van der Waals surface area contributed by atoms with Crippen LogP contribution in [-0.2, 0) is 16.9 Å². The number of amides is 1. The normalized spacial score (nSPS) is 23.0. The third kappa shape index (κ3) is 2.30. The summed E-state index contributed by atoms with van der Waals surface area (Å²) in [6, 6.07) is 2.56. The highest BCUT2D eigenvalue weighted by molar-refractivity contribution is 7.94. The third-order valence-corrected chi connectivity index (χ3v) is 7.54. The number of H-pyrrole nitrogens is 1. The zero-order valence-electron chi connectivity index (χ0n) is 12.0. The molecule has 7 nitrogen and oxygen atoms in total. The molecule has 0 saturated carbocycles. The van der Waals surface area contributed by atoms with Crippen LogP contribution in [0.1, 0.15) is 35.4 Å². The van der Waals surface area contributed by atoms with Crippen molar-refractivity contribution < 1.29 is 13.2 Å². The van der Waals surface area contributed by atoms with Crippen molar-refractivity contribution in [1.82, 2.24) is 15.1 Å². The number of sulfone groups is 1. The smallest absolute Gasteiger partial charge is 0.269 e. The second kappa shape index (κ2) is 5.10. The van der Waals surface area contributed by atoms with E-state index in [1.807, 2.05) is 0 Å². The van der Waals surface area contributed by atoms with E-state index in [1.54, 1.807) is 18.4 Å². The Morgan fingerprint density at radius 1 is 1.50 bits per heavy atom. The first-order chi connectivity index (χ1) is 10.3. The molecular weight excluding hydrogens is 326 g/mol. The van der Waals surface area contributed by atoms with E-state index in [-0.39, 0.29) is 17.3 Å². The fourth-order valence-electron chi connectivity index (χ4n) is 2.54. The minimum Gasteiger partial charge on any atom is -0.344 e. The SMILES string of the molecule is C[C@H]1C[C@H](NC(=O)c2cc(=O)n(C)[nH]2)c2ccsc2S1(=O)=O. The Balaban J connectivity index is 1.91. The van der Waals surface area contributed by atoms with E-state index in [4.69, 9.17) is 0 Å². The van der Waals surface area contributed by atoms with Gasteiger partial charge in [0.1, 0.15) is 9.90 Å². The summed E-state index contributed by atoms with van der Waals surface area (Å²) in [6.07, 6.45) is 0.314. The van der Waals surface area contributed by atoms with Gasteiger partial charge in [0.2, 0.25) is 0 Å². The lowest BCUT2D eigenvalue weighted by Crippen LogP contribution is -2.36. The number of rotatable bonds is 2. The van der Waals surface area contributed by atoms with Crippen LogP contribution in [0.5, 0.6) is 0 Å². The van der Waals surface area contributed by atoms with Gasteiger partial charge in [-0.05, 0) is 24.8 Å². The van der Waals surface area contributed by atoms with Gasteiger partial charge in [0.25, 0.3) is 11.5 Å². The zero-order chi connectivity index (χ0) is 16.1. The number of nitrogens with one attached hydrogen (secondary N) is 2. The Morgan fingerprint density at radius 3 is 2.86 bits per heavy atom. The maximum absolute atomic E-state index is 12.3. The highest BCUT2D eigenvalue weighted by Crippen LogP contribution is 2.39. The molecule has 0 saturated heterocycles. The fraction of sp³-hybridized carbons (Fsp3) is 0.385. The number of aromatic amines is 1. The summed E-state index contributed by atoms with van der Waals surface area (Å²) in [7, 11) is -1.79. The molecule has 2 aromatic heterocycles. The van der Waals surface area contributed by atoms with Gasteiger partial charge in [-0.2, -0.15) is 0 Å². The van der Waals surface area contributed by atoms with Crippen molar-refractivity contribution >= 4 is 27.1 Å². The average molecular weight is 341 g/mol. The van der Waals surface area contributed by atoms with Crippen LogP contribution in [0.2, 0.25) is 0 Å². The largest absolute Gasteiger partial charge is 0.344 e. The first-order valence-corrected chi connectivity index (χ1v) is 9.11. The van der Waals surface area contributed by atoms with E-state index in [9.17, 15) is 18.0 Å². The first kappa shape index (κ1) is 15.0. The monoisotopic (exact) mass is 341 g/mol. The van der Waals surface area contributed by atoms with Gasteiger partial charge in [0, 0.05) is 18.7 Å². The van der Waals surface area contributed by atoms with Crippen molar-refractivity contribution in [3.8, 4) is 0 Å². The van der Waals surface area contributed by atoms with Crippen molar-refractivity contribution in [2.45, 2.75) is 28.8 Å². The van der Waals surface area contributed by atoms with Crippen molar-refractivity contribution in [2.75, 3.05) is 0 Å². The molecule has 0 aromatic carbocycles. The molecule has 118 valence electrons. The Labute approximate surface area is 130 Å². The van der Waals surface area contributed by atoms with Gasteiger partial charge in [-0.15, -0.1) is 11.3 Å². The maximum Gasteiger partial charge on any atom is 0.269 e. The lowest BCUT2D eigenvalue weighted by Gasteiger charge is -2.27. The first-order valence-electron chi connectivity index (χ1n) is 6.69. The Hall–Kier alpha value is -1.87. The van der Waals surface area contributed by atoms with Gasteiger partial charge in [0.15, 0.2) is 9.84 Å². The number of carbonyl (C=O) groups excluding carboxylic acids is 1. The Bertz CT molecular complexity index is 891. The van der Waals surface area contributed by atoms with Gasteiger partial charge in [0.05, 0.1) is 11.3 Å². The van der Waals surface area contributed by atoms with Crippen molar-refractivity contribution in [3.05, 3.63) is 39.1 Å². The van der Waals surface area contributed by atoms with Gasteiger partial charge >= 0.3 is 0 Å². The third-order valence-electron chi connectivity index (χ3n) is 3.83. The van der Waals surface area contributed by atoms with E-state index < -0.39 is 21.0 Å². The molecule has 0 aliphatic carbocycles. The molecule has 1 aliphatic heterocycles. The van der Waals surface area contributed by atoms with Crippen LogP contribution in [-0.4, -0.2) is 29.4 Å². The van der Waals surface area contributed by atoms with Gasteiger partial charge in [-0.25, -0.2) is 8.42 Å². The summed E-state index contributed by atoms with van der Waals surface area (Å²) >= 11 is 1.17. The number of hydrogen-bond donors (Lipinski definition) is 2. The molecule has 1 amide bonds. The number of fused-ring (bicyclic) bond motifs is 1. The molecule has 0 radical (unpaired) electrons.